The van der Waals surface area contributed by atoms with E-state index in [2.05, 4.69) is 40.9 Å². The number of hydrogen-bond donors (Lipinski definition) is 1. The largest absolute Gasteiger partial charge is 0.313 e. The van der Waals surface area contributed by atoms with E-state index in [9.17, 15) is 0 Å². The molecule has 0 aliphatic carbocycles. The first-order valence-corrected chi connectivity index (χ1v) is 8.49. The van der Waals surface area contributed by atoms with Crippen molar-refractivity contribution in [2.24, 2.45) is 5.92 Å². The monoisotopic (exact) mass is 282 g/mol. The third-order valence-corrected chi connectivity index (χ3v) is 4.82. The molecule has 1 N–H and O–H groups in total. The number of thioether (sulfide) groups is 1. The summed E-state index contributed by atoms with van der Waals surface area (Å²) in [6.45, 7) is 8.85. The van der Waals surface area contributed by atoms with Gasteiger partial charge in [0.05, 0.1) is 0 Å². The van der Waals surface area contributed by atoms with Gasteiger partial charge in [0.15, 0.2) is 5.16 Å². The molecule has 4 nitrogen and oxygen atoms in total. The molecule has 0 fully saturated rings. The molecule has 0 radical (unpaired) electrons. The Labute approximate surface area is 120 Å². The molecule has 0 aromatic carbocycles. The minimum absolute atomic E-state index is 0.550. The molecule has 108 valence electrons. The first-order valence-electron chi connectivity index (χ1n) is 7.50. The lowest BCUT2D eigenvalue weighted by molar-refractivity contribution is 0.443. The van der Waals surface area contributed by atoms with E-state index in [1.54, 1.807) is 0 Å². The van der Waals surface area contributed by atoms with Crippen molar-refractivity contribution in [2.75, 3.05) is 12.3 Å². The molecule has 0 saturated carbocycles. The Morgan fingerprint density at radius 1 is 1.26 bits per heavy atom. The summed E-state index contributed by atoms with van der Waals surface area (Å²) in [7, 11) is 0. The van der Waals surface area contributed by atoms with Gasteiger partial charge in [-0.25, -0.2) is 0 Å². The molecular weight excluding hydrogens is 256 g/mol. The minimum atomic E-state index is 0.550. The van der Waals surface area contributed by atoms with Gasteiger partial charge in [0.2, 0.25) is 0 Å². The van der Waals surface area contributed by atoms with Crippen molar-refractivity contribution in [2.45, 2.75) is 64.2 Å². The fourth-order valence-electron chi connectivity index (χ4n) is 2.48. The van der Waals surface area contributed by atoms with E-state index in [1.807, 2.05) is 11.8 Å². The van der Waals surface area contributed by atoms with Crippen LogP contribution in [0.15, 0.2) is 5.16 Å². The number of aryl methyl sites for hydroxylation is 1. The molecule has 1 atom stereocenters. The molecule has 1 aliphatic rings. The highest BCUT2D eigenvalue weighted by Crippen LogP contribution is 2.23. The second-order valence-corrected chi connectivity index (χ2v) is 6.57. The van der Waals surface area contributed by atoms with E-state index in [-0.39, 0.29) is 0 Å². The lowest BCUT2D eigenvalue weighted by atomic mass is 10.1. The normalized spacial score (nSPS) is 17.3. The first kappa shape index (κ1) is 14.9. The summed E-state index contributed by atoms with van der Waals surface area (Å²) in [5.41, 5.74) is 0. The number of fused-ring (bicyclic) bond motifs is 1. The van der Waals surface area contributed by atoms with Gasteiger partial charge in [0.1, 0.15) is 5.82 Å². The average molecular weight is 282 g/mol. The molecule has 0 bridgehead atoms. The maximum absolute atomic E-state index is 4.38. The molecule has 0 spiro atoms. The van der Waals surface area contributed by atoms with Crippen LogP contribution in [0.4, 0.5) is 0 Å². The van der Waals surface area contributed by atoms with Crippen LogP contribution in [0, 0.1) is 5.92 Å². The van der Waals surface area contributed by atoms with Gasteiger partial charge in [-0.3, -0.25) is 0 Å². The van der Waals surface area contributed by atoms with Crippen LogP contribution < -0.4 is 5.32 Å². The summed E-state index contributed by atoms with van der Waals surface area (Å²) in [5, 5.41) is 13.4. The number of rotatable bonds is 6. The second kappa shape index (κ2) is 7.29. The SMILES string of the molecule is CCNC(CSc1nnc2n1CCCCC2)C(C)C. The van der Waals surface area contributed by atoms with Crippen molar-refractivity contribution in [3.8, 4) is 0 Å². The van der Waals surface area contributed by atoms with Crippen molar-refractivity contribution in [3.05, 3.63) is 5.82 Å². The molecule has 2 rings (SSSR count). The topological polar surface area (TPSA) is 42.7 Å². The van der Waals surface area contributed by atoms with Crippen LogP contribution in [-0.4, -0.2) is 33.1 Å². The zero-order chi connectivity index (χ0) is 13.7. The Kier molecular flexibility index (Phi) is 5.70. The number of hydrogen-bond acceptors (Lipinski definition) is 4. The molecule has 2 heterocycles. The fourth-order valence-corrected chi connectivity index (χ4v) is 3.76. The van der Waals surface area contributed by atoms with Crippen molar-refractivity contribution in [3.63, 3.8) is 0 Å². The van der Waals surface area contributed by atoms with Gasteiger partial charge in [-0.2, -0.15) is 0 Å². The van der Waals surface area contributed by atoms with Crippen molar-refractivity contribution >= 4 is 11.8 Å². The van der Waals surface area contributed by atoms with Crippen molar-refractivity contribution < 1.29 is 0 Å². The van der Waals surface area contributed by atoms with E-state index in [0.29, 0.717) is 12.0 Å². The number of nitrogens with zero attached hydrogens (tertiary/aromatic N) is 3. The van der Waals surface area contributed by atoms with Crippen molar-refractivity contribution in [1.82, 2.24) is 20.1 Å². The highest BCUT2D eigenvalue weighted by Gasteiger charge is 2.18. The molecule has 1 aromatic rings. The first-order chi connectivity index (χ1) is 9.22. The van der Waals surface area contributed by atoms with Gasteiger partial charge in [0, 0.05) is 24.8 Å². The second-order valence-electron chi connectivity index (χ2n) is 5.58. The maximum Gasteiger partial charge on any atom is 0.191 e. The predicted octanol–water partition coefficient (Wildman–Crippen LogP) is 2.73. The molecule has 0 saturated heterocycles. The Balaban J connectivity index is 1.97. The Morgan fingerprint density at radius 2 is 2.11 bits per heavy atom. The third kappa shape index (κ3) is 3.96. The van der Waals surface area contributed by atoms with E-state index in [4.69, 9.17) is 0 Å². The molecular formula is C14H26N4S. The van der Waals surface area contributed by atoms with Gasteiger partial charge in [-0.15, -0.1) is 10.2 Å². The molecule has 1 aliphatic heterocycles. The van der Waals surface area contributed by atoms with Crippen LogP contribution >= 0.6 is 11.8 Å². The van der Waals surface area contributed by atoms with Crippen LogP contribution in [0.3, 0.4) is 0 Å². The highest BCUT2D eigenvalue weighted by molar-refractivity contribution is 7.99. The van der Waals surface area contributed by atoms with Crippen LogP contribution in [-0.2, 0) is 13.0 Å². The summed E-state index contributed by atoms with van der Waals surface area (Å²) in [5.74, 6) is 2.91. The zero-order valence-corrected chi connectivity index (χ0v) is 13.2. The summed E-state index contributed by atoms with van der Waals surface area (Å²) >= 11 is 1.85. The van der Waals surface area contributed by atoms with Crippen LogP contribution in [0.5, 0.6) is 0 Å². The van der Waals surface area contributed by atoms with Gasteiger partial charge in [-0.05, 0) is 25.3 Å². The van der Waals surface area contributed by atoms with Gasteiger partial charge in [-0.1, -0.05) is 39.0 Å². The highest BCUT2D eigenvalue weighted by atomic mass is 32.2. The van der Waals surface area contributed by atoms with E-state index in [1.165, 1.54) is 25.1 Å². The van der Waals surface area contributed by atoms with E-state index in [0.717, 1.165) is 30.4 Å². The summed E-state index contributed by atoms with van der Waals surface area (Å²) in [6, 6.07) is 0.550. The fraction of sp³-hybridized carbons (Fsp3) is 0.857. The molecule has 5 heteroatoms. The lowest BCUT2D eigenvalue weighted by Crippen LogP contribution is -2.35. The minimum Gasteiger partial charge on any atom is -0.313 e. The quantitative estimate of drug-likeness (QED) is 0.815. The third-order valence-electron chi connectivity index (χ3n) is 3.74. The van der Waals surface area contributed by atoms with Gasteiger partial charge in [0.25, 0.3) is 0 Å². The number of nitrogens with one attached hydrogen (secondary N) is 1. The van der Waals surface area contributed by atoms with Gasteiger partial charge >= 0.3 is 0 Å². The molecule has 1 aromatic heterocycles. The molecule has 19 heavy (non-hydrogen) atoms. The molecule has 0 amide bonds. The van der Waals surface area contributed by atoms with E-state index < -0.39 is 0 Å². The van der Waals surface area contributed by atoms with Crippen molar-refractivity contribution in [1.29, 1.82) is 0 Å². The van der Waals surface area contributed by atoms with Crippen LogP contribution in [0.2, 0.25) is 0 Å². The molecule has 1 unspecified atom stereocenters. The summed E-state index contributed by atoms with van der Waals surface area (Å²) < 4.78 is 2.33. The Hall–Kier alpha value is -0.550. The van der Waals surface area contributed by atoms with Crippen LogP contribution in [0.1, 0.15) is 45.9 Å². The number of aromatic nitrogens is 3. The van der Waals surface area contributed by atoms with Gasteiger partial charge < -0.3 is 9.88 Å². The summed E-state index contributed by atoms with van der Waals surface area (Å²) in [4.78, 5) is 0. The smallest absolute Gasteiger partial charge is 0.191 e. The average Bonchev–Trinajstić information content (AvgIpc) is 2.62. The Bertz CT molecular complexity index is 389. The van der Waals surface area contributed by atoms with E-state index >= 15 is 0 Å². The standard InChI is InChI=1S/C14H26N4S/c1-4-15-12(11(2)3)10-19-14-17-16-13-8-6-5-7-9-18(13)14/h11-12,15H,4-10H2,1-3H3. The summed E-state index contributed by atoms with van der Waals surface area (Å²) in [6.07, 6.45) is 4.93. The van der Waals surface area contributed by atoms with Crippen LogP contribution in [0.25, 0.3) is 0 Å². The lowest BCUT2D eigenvalue weighted by Gasteiger charge is -2.21. The Morgan fingerprint density at radius 3 is 2.84 bits per heavy atom. The zero-order valence-electron chi connectivity index (χ0n) is 12.4. The maximum atomic E-state index is 4.38. The predicted molar refractivity (Wildman–Crippen MR) is 80.6 cm³/mol.